The molecule has 0 radical (unpaired) electrons. The minimum atomic E-state index is -0.583. The second-order valence-corrected chi connectivity index (χ2v) is 10.3. The Morgan fingerprint density at radius 3 is 2.85 bits per heavy atom. The van der Waals surface area contributed by atoms with E-state index in [0.29, 0.717) is 29.0 Å². The number of halogens is 1. The number of unbranched alkanes of at least 4 members (excludes halogenated alkanes) is 1. The Hall–Kier alpha value is -2.93. The van der Waals surface area contributed by atoms with Gasteiger partial charge in [-0.2, -0.15) is 0 Å². The van der Waals surface area contributed by atoms with E-state index in [2.05, 4.69) is 16.8 Å². The van der Waals surface area contributed by atoms with Crippen LogP contribution in [0.1, 0.15) is 55.5 Å². The zero-order valence-electron chi connectivity index (χ0n) is 18.9. The highest BCUT2D eigenvalue weighted by molar-refractivity contribution is 7.10. The first-order valence-electron chi connectivity index (χ1n) is 11.4. The van der Waals surface area contributed by atoms with E-state index in [9.17, 15) is 14.0 Å². The molecule has 33 heavy (non-hydrogen) atoms. The van der Waals surface area contributed by atoms with Crippen LogP contribution in [0.5, 0.6) is 0 Å². The fraction of sp³-hybridized carbons (Fsp3) is 0.385. The third kappa shape index (κ3) is 4.22. The summed E-state index contributed by atoms with van der Waals surface area (Å²) in [5, 5.41) is 4.88. The SMILES string of the molecule is CC1(C)O/C(=C2/C(=O)Nc3cc(F)ccc32)C=C1c1csc(CCCCN2CCCC2=O)c1. The standard InChI is InChI=1S/C26H27FN2O3S/c1-26(2)20(14-22(32-26)24-19-9-8-17(27)13-21(19)28-25(24)31)16-12-18(33-15-16)6-3-4-10-29-11-5-7-23(29)30/h8-9,12-15H,3-7,10-11H2,1-2H3,(H,28,31)/b24-22+. The molecule has 0 spiro atoms. The van der Waals surface area contributed by atoms with Crippen molar-refractivity contribution in [1.82, 2.24) is 4.90 Å². The number of fused-ring (bicyclic) bond motifs is 1. The zero-order chi connectivity index (χ0) is 23.2. The molecule has 3 aliphatic heterocycles. The van der Waals surface area contributed by atoms with Crippen LogP contribution in [0.15, 0.2) is 41.5 Å². The summed E-state index contributed by atoms with van der Waals surface area (Å²) in [5.41, 5.74) is 3.12. The van der Waals surface area contributed by atoms with Gasteiger partial charge in [-0.15, -0.1) is 11.3 Å². The fourth-order valence-electron chi connectivity index (χ4n) is 4.80. The molecule has 0 atom stereocenters. The van der Waals surface area contributed by atoms with Gasteiger partial charge in [0.15, 0.2) is 0 Å². The van der Waals surface area contributed by atoms with E-state index in [1.54, 1.807) is 17.4 Å². The average Bonchev–Trinajstić information content (AvgIpc) is 3.51. The largest absolute Gasteiger partial charge is 0.482 e. The Morgan fingerprint density at radius 1 is 1.21 bits per heavy atom. The lowest BCUT2D eigenvalue weighted by Crippen LogP contribution is -2.25. The molecular weight excluding hydrogens is 439 g/mol. The molecule has 0 aliphatic carbocycles. The van der Waals surface area contributed by atoms with E-state index < -0.39 is 5.60 Å². The van der Waals surface area contributed by atoms with Gasteiger partial charge in [0.05, 0.1) is 11.3 Å². The molecule has 2 amide bonds. The van der Waals surface area contributed by atoms with Gasteiger partial charge in [0.1, 0.15) is 17.2 Å². The van der Waals surface area contributed by atoms with E-state index >= 15 is 0 Å². The minimum absolute atomic E-state index is 0.276. The molecule has 4 heterocycles. The normalized spacial score (nSPS) is 21.3. The van der Waals surface area contributed by atoms with Crippen molar-refractivity contribution >= 4 is 40.0 Å². The number of carbonyl (C=O) groups is 2. The lowest BCUT2D eigenvalue weighted by molar-refractivity contribution is -0.127. The van der Waals surface area contributed by atoms with Crippen LogP contribution in [-0.4, -0.2) is 35.4 Å². The summed E-state index contributed by atoms with van der Waals surface area (Å²) in [7, 11) is 0. The second-order valence-electron chi connectivity index (χ2n) is 9.30. The summed E-state index contributed by atoms with van der Waals surface area (Å²) in [4.78, 5) is 27.6. The van der Waals surface area contributed by atoms with E-state index in [0.717, 1.165) is 49.9 Å². The highest BCUT2D eigenvalue weighted by atomic mass is 32.1. The van der Waals surface area contributed by atoms with Crippen LogP contribution in [0.2, 0.25) is 0 Å². The highest BCUT2D eigenvalue weighted by Gasteiger charge is 2.38. The maximum atomic E-state index is 13.6. The predicted octanol–water partition coefficient (Wildman–Crippen LogP) is 5.39. The summed E-state index contributed by atoms with van der Waals surface area (Å²) in [6.07, 6.45) is 6.67. The Labute approximate surface area is 196 Å². The van der Waals surface area contributed by atoms with Crippen molar-refractivity contribution in [2.75, 3.05) is 18.4 Å². The van der Waals surface area contributed by atoms with Crippen molar-refractivity contribution in [1.29, 1.82) is 0 Å². The molecule has 7 heteroatoms. The van der Waals surface area contributed by atoms with Gasteiger partial charge in [0.25, 0.3) is 5.91 Å². The molecule has 1 fully saturated rings. The molecule has 3 aliphatic rings. The fourth-order valence-corrected chi connectivity index (χ4v) is 5.73. The molecule has 1 aromatic heterocycles. The number of hydrogen-bond acceptors (Lipinski definition) is 4. The van der Waals surface area contributed by atoms with Gasteiger partial charge in [-0.05, 0) is 80.8 Å². The molecule has 1 saturated heterocycles. The van der Waals surface area contributed by atoms with Crippen LogP contribution < -0.4 is 5.32 Å². The van der Waals surface area contributed by atoms with Crippen LogP contribution in [0.3, 0.4) is 0 Å². The molecule has 1 aromatic carbocycles. The van der Waals surface area contributed by atoms with E-state index in [-0.39, 0.29) is 17.6 Å². The number of amides is 2. The summed E-state index contributed by atoms with van der Waals surface area (Å²) >= 11 is 1.73. The average molecular weight is 467 g/mol. The minimum Gasteiger partial charge on any atom is -0.482 e. The number of nitrogens with zero attached hydrogens (tertiary/aromatic N) is 1. The smallest absolute Gasteiger partial charge is 0.260 e. The second kappa shape index (κ2) is 8.45. The number of benzene rings is 1. The highest BCUT2D eigenvalue weighted by Crippen LogP contribution is 2.45. The van der Waals surface area contributed by atoms with Gasteiger partial charge in [-0.1, -0.05) is 0 Å². The topological polar surface area (TPSA) is 58.6 Å². The van der Waals surface area contributed by atoms with Crippen molar-refractivity contribution in [3.63, 3.8) is 0 Å². The lowest BCUT2D eigenvalue weighted by atomic mass is 9.93. The van der Waals surface area contributed by atoms with Crippen molar-refractivity contribution in [3.8, 4) is 0 Å². The number of aryl methyl sites for hydroxylation is 1. The maximum Gasteiger partial charge on any atom is 0.260 e. The first-order valence-corrected chi connectivity index (χ1v) is 12.3. The number of carbonyl (C=O) groups excluding carboxylic acids is 2. The zero-order valence-corrected chi connectivity index (χ0v) is 19.7. The van der Waals surface area contributed by atoms with E-state index in [1.165, 1.54) is 17.0 Å². The molecule has 2 aromatic rings. The van der Waals surface area contributed by atoms with Crippen molar-refractivity contribution < 1.29 is 18.7 Å². The number of hydrogen-bond donors (Lipinski definition) is 1. The third-order valence-electron chi connectivity index (χ3n) is 6.50. The van der Waals surface area contributed by atoms with Crippen molar-refractivity contribution in [3.05, 3.63) is 63.3 Å². The monoisotopic (exact) mass is 466 g/mol. The Bertz CT molecular complexity index is 1190. The number of ether oxygens (including phenoxy) is 1. The van der Waals surface area contributed by atoms with Gasteiger partial charge in [-0.3, -0.25) is 9.59 Å². The van der Waals surface area contributed by atoms with Crippen LogP contribution in [0, 0.1) is 5.82 Å². The number of allylic oxidation sites excluding steroid dienone is 1. The van der Waals surface area contributed by atoms with Gasteiger partial charge >= 0.3 is 0 Å². The van der Waals surface area contributed by atoms with Gasteiger partial charge < -0.3 is 15.0 Å². The number of rotatable bonds is 6. The summed E-state index contributed by atoms with van der Waals surface area (Å²) in [6, 6.07) is 6.51. The molecule has 5 rings (SSSR count). The molecule has 1 N–H and O–H groups in total. The summed E-state index contributed by atoms with van der Waals surface area (Å²) in [5.74, 6) is 0.141. The molecule has 5 nitrogen and oxygen atoms in total. The van der Waals surface area contributed by atoms with E-state index in [1.807, 2.05) is 24.8 Å². The molecule has 0 bridgehead atoms. The van der Waals surface area contributed by atoms with Crippen LogP contribution in [-0.2, 0) is 20.7 Å². The summed E-state index contributed by atoms with van der Waals surface area (Å²) < 4.78 is 19.8. The Balaban J connectivity index is 1.32. The molecule has 0 saturated carbocycles. The molecule has 172 valence electrons. The quantitative estimate of drug-likeness (QED) is 0.459. The number of anilines is 1. The number of nitrogens with one attached hydrogen (secondary N) is 1. The van der Waals surface area contributed by atoms with E-state index in [4.69, 9.17) is 4.74 Å². The molecular formula is C26H27FN2O3S. The predicted molar refractivity (Wildman–Crippen MR) is 128 cm³/mol. The van der Waals surface area contributed by atoms with Gasteiger partial charge in [0, 0.05) is 35.5 Å². The third-order valence-corrected chi connectivity index (χ3v) is 7.50. The number of likely N-dealkylation sites (tertiary alicyclic amines) is 1. The van der Waals surface area contributed by atoms with Gasteiger partial charge in [0.2, 0.25) is 5.91 Å². The van der Waals surface area contributed by atoms with Crippen LogP contribution >= 0.6 is 11.3 Å². The first-order chi connectivity index (χ1) is 15.8. The van der Waals surface area contributed by atoms with Crippen molar-refractivity contribution in [2.24, 2.45) is 0 Å². The Morgan fingerprint density at radius 2 is 2.06 bits per heavy atom. The number of thiophene rings is 1. The first kappa shape index (κ1) is 21.9. The summed E-state index contributed by atoms with van der Waals surface area (Å²) in [6.45, 7) is 5.75. The Kier molecular flexibility index (Phi) is 5.60. The molecule has 0 unspecified atom stereocenters. The maximum absolute atomic E-state index is 13.6. The van der Waals surface area contributed by atoms with Crippen LogP contribution in [0.4, 0.5) is 10.1 Å². The van der Waals surface area contributed by atoms with Crippen molar-refractivity contribution in [2.45, 2.75) is 51.6 Å². The lowest BCUT2D eigenvalue weighted by Gasteiger charge is -2.22. The van der Waals surface area contributed by atoms with Crippen LogP contribution in [0.25, 0.3) is 11.1 Å². The van der Waals surface area contributed by atoms with Gasteiger partial charge in [-0.25, -0.2) is 4.39 Å².